The van der Waals surface area contributed by atoms with E-state index in [1.807, 2.05) is 12.2 Å². The van der Waals surface area contributed by atoms with E-state index in [-0.39, 0.29) is 59.9 Å². The lowest BCUT2D eigenvalue weighted by Gasteiger charge is -2.21. The van der Waals surface area contributed by atoms with E-state index >= 15 is 35.1 Å². The first-order chi connectivity index (χ1) is 25.0. The highest BCUT2D eigenvalue weighted by Crippen LogP contribution is 2.53. The number of hydrogen-bond acceptors (Lipinski definition) is 2. The van der Waals surface area contributed by atoms with Gasteiger partial charge in [-0.15, -0.1) is 0 Å². The smallest absolute Gasteiger partial charge is 0.204 e. The predicted molar refractivity (Wildman–Crippen MR) is 176 cm³/mol. The van der Waals surface area contributed by atoms with Crippen LogP contribution in [0.25, 0.3) is 0 Å². The van der Waals surface area contributed by atoms with Crippen molar-refractivity contribution in [1.82, 2.24) is 0 Å². The van der Waals surface area contributed by atoms with Crippen molar-refractivity contribution in [2.45, 2.75) is 51.4 Å². The number of allylic oxidation sites excluding steroid dienone is 8. The van der Waals surface area contributed by atoms with Gasteiger partial charge in [0.2, 0.25) is 34.8 Å². The topological polar surface area (TPSA) is 18.5 Å². The normalized spacial score (nSPS) is 29.1. The molecule has 0 heterocycles. The van der Waals surface area contributed by atoms with Crippen LogP contribution in [0.4, 0.5) is 35.1 Å². The van der Waals surface area contributed by atoms with Crippen molar-refractivity contribution in [2.24, 2.45) is 47.3 Å². The van der Waals surface area contributed by atoms with Gasteiger partial charge in [0.25, 0.3) is 0 Å². The molecule has 0 radical (unpaired) electrons. The van der Waals surface area contributed by atoms with E-state index in [1.54, 1.807) is 18.2 Å². The summed E-state index contributed by atoms with van der Waals surface area (Å²) in [5.41, 5.74) is 0.581. The zero-order valence-electron chi connectivity index (χ0n) is 27.9. The molecule has 10 heteroatoms. The SMILES string of the molecule is Fc1c(F)c(OC2=CC=C(Cc3ccc(Oc4c(F)c(F)c(CC5CC6C=CC5C6)c(F)c4F)cc3)C3CC23)c(F)c(F)c1CC1CC2C=CC1C2. The van der Waals surface area contributed by atoms with E-state index < -0.39 is 69.2 Å². The standard InChI is InChI=1S/C42H34F8O2/c43-33-30(16-25-14-20-1-5-22(25)12-20)34(44)38(48)41(37(33)47)51-27-8-3-19(4-9-27)11-24-7-10-32(29-18-28(24)29)52-42-39(49)35(45)31(36(46)40(42)50)17-26-15-21-2-6-23(26)13-21/h1-10,20-23,25-26,28-29H,11-18H2. The molecule has 8 atom stereocenters. The molecule has 6 aliphatic rings. The second-order valence-corrected chi connectivity index (χ2v) is 15.4. The fraction of sp³-hybridized carbons (Fsp3) is 0.381. The van der Waals surface area contributed by atoms with E-state index in [4.69, 9.17) is 9.47 Å². The molecule has 3 aromatic carbocycles. The van der Waals surface area contributed by atoms with Crippen molar-refractivity contribution >= 4 is 0 Å². The summed E-state index contributed by atoms with van der Waals surface area (Å²) in [6.45, 7) is 0. The third-order valence-electron chi connectivity index (χ3n) is 12.3. The summed E-state index contributed by atoms with van der Waals surface area (Å²) < 4.78 is 131. The molecule has 3 saturated carbocycles. The summed E-state index contributed by atoms with van der Waals surface area (Å²) in [6, 6.07) is 6.16. The van der Waals surface area contributed by atoms with Gasteiger partial charge >= 0.3 is 0 Å². The Morgan fingerprint density at radius 1 is 0.500 bits per heavy atom. The van der Waals surface area contributed by atoms with Crippen molar-refractivity contribution in [2.75, 3.05) is 0 Å². The Bertz CT molecular complexity index is 2040. The van der Waals surface area contributed by atoms with E-state index in [2.05, 4.69) is 12.2 Å². The van der Waals surface area contributed by atoms with Crippen LogP contribution in [-0.2, 0) is 19.3 Å². The molecule has 8 unspecified atom stereocenters. The van der Waals surface area contributed by atoms with Crippen LogP contribution in [-0.4, -0.2) is 0 Å². The molecule has 0 saturated heterocycles. The fourth-order valence-corrected chi connectivity index (χ4v) is 9.44. The molecule has 3 aromatic rings. The number of ether oxygens (including phenoxy) is 2. The summed E-state index contributed by atoms with van der Waals surface area (Å²) in [7, 11) is 0. The Balaban J connectivity index is 0.865. The van der Waals surface area contributed by atoms with Crippen LogP contribution in [0.15, 0.2) is 72.1 Å². The van der Waals surface area contributed by atoms with Crippen molar-refractivity contribution in [3.05, 3.63) is 135 Å². The Morgan fingerprint density at radius 3 is 1.46 bits per heavy atom. The summed E-state index contributed by atoms with van der Waals surface area (Å²) in [6.07, 6.45) is 15.6. The largest absolute Gasteiger partial charge is 0.455 e. The lowest BCUT2D eigenvalue weighted by atomic mass is 9.87. The minimum Gasteiger partial charge on any atom is -0.455 e. The third-order valence-corrected chi connectivity index (χ3v) is 12.3. The molecule has 3 fully saturated rings. The van der Waals surface area contributed by atoms with Gasteiger partial charge in [-0.1, -0.05) is 48.1 Å². The van der Waals surface area contributed by atoms with Crippen LogP contribution in [0.5, 0.6) is 17.2 Å². The molecule has 4 bridgehead atoms. The van der Waals surface area contributed by atoms with Gasteiger partial charge in [0.15, 0.2) is 23.3 Å². The zero-order chi connectivity index (χ0) is 36.0. The van der Waals surface area contributed by atoms with Crippen molar-refractivity contribution in [3.8, 4) is 17.2 Å². The van der Waals surface area contributed by atoms with Gasteiger partial charge in [-0.2, -0.15) is 17.6 Å². The molecule has 2 nitrogen and oxygen atoms in total. The maximum absolute atomic E-state index is 15.1. The van der Waals surface area contributed by atoms with Gasteiger partial charge in [-0.3, -0.25) is 0 Å². The second kappa shape index (κ2) is 12.7. The Hall–Kier alpha value is -4.34. The molecule has 6 aliphatic carbocycles. The van der Waals surface area contributed by atoms with Crippen LogP contribution in [0.3, 0.4) is 0 Å². The molecule has 0 spiro atoms. The van der Waals surface area contributed by atoms with Crippen LogP contribution in [0.1, 0.15) is 48.8 Å². The molecule has 0 N–H and O–H groups in total. The molecule has 9 rings (SSSR count). The number of rotatable bonds is 10. The highest BCUT2D eigenvalue weighted by Gasteiger charge is 2.46. The molecule has 0 aromatic heterocycles. The average molecular weight is 723 g/mol. The first-order valence-corrected chi connectivity index (χ1v) is 18.0. The maximum atomic E-state index is 15.1. The quantitative estimate of drug-likeness (QED) is 0.118. The molecule has 0 amide bonds. The van der Waals surface area contributed by atoms with Crippen molar-refractivity contribution in [1.29, 1.82) is 0 Å². The summed E-state index contributed by atoms with van der Waals surface area (Å²) >= 11 is 0. The fourth-order valence-electron chi connectivity index (χ4n) is 9.44. The van der Waals surface area contributed by atoms with Gasteiger partial charge in [0.05, 0.1) is 0 Å². The molecule has 0 aliphatic heterocycles. The van der Waals surface area contributed by atoms with Gasteiger partial charge in [0.1, 0.15) is 11.5 Å². The number of halogens is 8. The number of benzene rings is 3. The van der Waals surface area contributed by atoms with E-state index in [9.17, 15) is 0 Å². The van der Waals surface area contributed by atoms with Gasteiger partial charge in [-0.05, 0) is 117 Å². The van der Waals surface area contributed by atoms with Crippen LogP contribution >= 0.6 is 0 Å². The minimum atomic E-state index is -1.58. The van der Waals surface area contributed by atoms with Crippen LogP contribution < -0.4 is 9.47 Å². The first kappa shape index (κ1) is 33.5. The Labute approximate surface area is 295 Å². The molecular weight excluding hydrogens is 688 g/mol. The second-order valence-electron chi connectivity index (χ2n) is 15.4. The Kier molecular flexibility index (Phi) is 8.15. The Morgan fingerprint density at radius 2 is 1.00 bits per heavy atom. The summed E-state index contributed by atoms with van der Waals surface area (Å²) in [4.78, 5) is 0. The maximum Gasteiger partial charge on any atom is 0.204 e. The number of fused-ring (bicyclic) bond motifs is 5. The highest BCUT2D eigenvalue weighted by molar-refractivity contribution is 5.43. The van der Waals surface area contributed by atoms with Gasteiger partial charge < -0.3 is 9.47 Å². The van der Waals surface area contributed by atoms with Crippen LogP contribution in [0, 0.1) is 93.9 Å². The van der Waals surface area contributed by atoms with Gasteiger partial charge in [0, 0.05) is 17.0 Å². The molecule has 52 heavy (non-hydrogen) atoms. The lowest BCUT2D eigenvalue weighted by molar-refractivity contribution is 0.314. The van der Waals surface area contributed by atoms with Crippen molar-refractivity contribution in [3.63, 3.8) is 0 Å². The summed E-state index contributed by atoms with van der Waals surface area (Å²) in [5, 5.41) is 0. The van der Waals surface area contributed by atoms with Crippen molar-refractivity contribution < 1.29 is 44.6 Å². The highest BCUT2D eigenvalue weighted by atomic mass is 19.2. The average Bonchev–Trinajstić information content (AvgIpc) is 3.47. The summed E-state index contributed by atoms with van der Waals surface area (Å²) in [5.74, 6) is -13.4. The first-order valence-electron chi connectivity index (χ1n) is 18.0. The zero-order valence-corrected chi connectivity index (χ0v) is 27.9. The molecular formula is C42H34F8O2. The predicted octanol–water partition coefficient (Wildman–Crippen LogP) is 11.2. The number of hydrogen-bond donors (Lipinski definition) is 0. The minimum absolute atomic E-state index is 0.0225. The monoisotopic (exact) mass is 722 g/mol. The van der Waals surface area contributed by atoms with E-state index in [0.29, 0.717) is 24.7 Å². The van der Waals surface area contributed by atoms with Crippen LogP contribution in [0.2, 0.25) is 0 Å². The molecule has 270 valence electrons. The lowest BCUT2D eigenvalue weighted by Crippen LogP contribution is -2.16. The van der Waals surface area contributed by atoms with E-state index in [0.717, 1.165) is 36.8 Å². The van der Waals surface area contributed by atoms with E-state index in [1.165, 1.54) is 18.2 Å². The van der Waals surface area contributed by atoms with Gasteiger partial charge in [-0.25, -0.2) is 17.6 Å². The third kappa shape index (κ3) is 5.68.